The molecule has 0 saturated heterocycles. The van der Waals surface area contributed by atoms with Gasteiger partial charge in [-0.2, -0.15) is 0 Å². The molecule has 0 saturated carbocycles. The van der Waals surface area contributed by atoms with Gasteiger partial charge in [0.1, 0.15) is 0 Å². The van der Waals surface area contributed by atoms with Gasteiger partial charge in [-0.15, -0.1) is 0 Å². The third-order valence-corrected chi connectivity index (χ3v) is 0. The molecule has 7 heavy (non-hydrogen) atoms. The molecule has 0 aliphatic heterocycles. The van der Waals surface area contributed by atoms with E-state index in [0.717, 1.165) is 0 Å². The number of hydrogen-bond acceptors (Lipinski definition) is 2. The summed E-state index contributed by atoms with van der Waals surface area (Å²) in [4.78, 5) is 21.6. The third kappa shape index (κ3) is 118. The van der Waals surface area contributed by atoms with E-state index in [1.54, 1.807) is 0 Å². The van der Waals surface area contributed by atoms with Crippen molar-refractivity contribution in [2.45, 2.75) is 0 Å². The topological polar surface area (TPSA) is 113 Å². The Balaban J connectivity index is -0.0000000800. The first-order valence-electron chi connectivity index (χ1n) is 0.783. The van der Waals surface area contributed by atoms with Crippen LogP contribution in [0.5, 0.6) is 0 Å². The van der Waals surface area contributed by atoms with Crippen LogP contribution in [0.3, 0.4) is 0 Å². The molecule has 0 radical (unpaired) electrons. The van der Waals surface area contributed by atoms with Crippen LogP contribution in [-0.2, 0) is 4.57 Å². The molecule has 0 aliphatic rings. The Morgan fingerprint density at radius 1 is 1.14 bits per heavy atom. The van der Waals surface area contributed by atoms with Crippen molar-refractivity contribution in [1.29, 1.82) is 0 Å². The van der Waals surface area contributed by atoms with Crippen LogP contribution in [0.1, 0.15) is 0 Å². The van der Waals surface area contributed by atoms with Crippen molar-refractivity contribution in [3.05, 3.63) is 0 Å². The molecule has 0 fully saturated rings. The van der Waals surface area contributed by atoms with Crippen LogP contribution in [0.25, 0.3) is 0 Å². The fraction of sp³-hybridized carbons (Fsp3) is 0. The number of rotatable bonds is 0. The van der Waals surface area contributed by atoms with Crippen LogP contribution < -0.4 is 6.15 Å². The molecule has 0 unspecified atom stereocenters. The zero-order valence-corrected chi connectivity index (χ0v) is 3.80. The fourth-order valence-corrected chi connectivity index (χ4v) is 0. The van der Waals surface area contributed by atoms with Crippen LogP contribution >= 0.6 is 7.82 Å². The summed E-state index contributed by atoms with van der Waals surface area (Å²) in [7, 11) is -4.64. The first-order valence-corrected chi connectivity index (χ1v) is 2.35. The molecule has 7 heteroatoms. The van der Waals surface area contributed by atoms with Crippen LogP contribution in [0.15, 0.2) is 0 Å². The second kappa shape index (κ2) is 5.47. The molecule has 0 aromatic carbocycles. The van der Waals surface area contributed by atoms with Gasteiger partial charge in [-0.25, -0.2) is 4.57 Å². The first kappa shape index (κ1) is 15.8. The summed E-state index contributed by atoms with van der Waals surface area (Å²) >= 11 is 0. The second-order valence-corrected chi connectivity index (χ2v) is 1.54. The van der Waals surface area contributed by atoms with E-state index in [1.165, 1.54) is 0 Å². The van der Waals surface area contributed by atoms with Gasteiger partial charge in [0.2, 0.25) is 0 Å². The average Bonchev–Trinajstić information content (AvgIpc) is 0.722. The van der Waals surface area contributed by atoms with Gasteiger partial charge in [0.25, 0.3) is 0 Å². The van der Waals surface area contributed by atoms with Gasteiger partial charge in [-0.05, 0) is 0 Å². The van der Waals surface area contributed by atoms with E-state index in [9.17, 15) is 0 Å². The van der Waals surface area contributed by atoms with Gasteiger partial charge in [-0.1, -0.05) is 0 Å². The Bertz CT molecular complexity index is 57.8. The molecular weight excluding hydrogens is 149 g/mol. The fourth-order valence-electron chi connectivity index (χ4n) is 0. The standard InChI is InChI=1S/Ca.H3N.H3O4P.2H/c;;1-5(2,3)4;;/h;1H3;(H3,1,2,3,4);;. The predicted molar refractivity (Wildman–Crippen MR) is 27.8 cm³/mol. The monoisotopic (exact) mass is 157 g/mol. The molecule has 0 aromatic rings. The van der Waals surface area contributed by atoms with Crippen molar-refractivity contribution in [3.63, 3.8) is 0 Å². The van der Waals surface area contributed by atoms with E-state index < -0.39 is 7.82 Å². The predicted octanol–water partition coefficient (Wildman–Crippen LogP) is -1.68. The summed E-state index contributed by atoms with van der Waals surface area (Å²) in [6.07, 6.45) is 0. The molecule has 5 nitrogen and oxygen atoms in total. The Morgan fingerprint density at radius 3 is 1.14 bits per heavy atom. The van der Waals surface area contributed by atoms with E-state index in [2.05, 4.69) is 0 Å². The third-order valence-electron chi connectivity index (χ3n) is 0. The molecule has 0 aromatic heterocycles. The van der Waals surface area contributed by atoms with Gasteiger partial charge >= 0.3 is 45.6 Å². The van der Waals surface area contributed by atoms with E-state index >= 15 is 0 Å². The molecule has 0 aliphatic carbocycles. The minimum absolute atomic E-state index is 0. The van der Waals surface area contributed by atoms with Crippen molar-refractivity contribution in [3.8, 4) is 0 Å². The van der Waals surface area contributed by atoms with Crippen LogP contribution in [0.2, 0.25) is 0 Å². The summed E-state index contributed by atoms with van der Waals surface area (Å²) in [5.74, 6) is 0. The molecule has 44 valence electrons. The van der Waals surface area contributed by atoms with Crippen molar-refractivity contribution in [2.75, 3.05) is 0 Å². The van der Waals surface area contributed by atoms with Crippen molar-refractivity contribution in [2.24, 2.45) is 0 Å². The van der Waals surface area contributed by atoms with Gasteiger partial charge in [0.05, 0.1) is 0 Å². The molecule has 0 bridgehead atoms. The van der Waals surface area contributed by atoms with Crippen molar-refractivity contribution >= 4 is 45.6 Å². The maximum absolute atomic E-state index is 8.88. The maximum atomic E-state index is 8.88. The molecule has 0 spiro atoms. The Labute approximate surface area is 70.6 Å². The first-order chi connectivity index (χ1) is 2.00. The molecule has 0 amide bonds. The number of phosphoric acid groups is 1. The summed E-state index contributed by atoms with van der Waals surface area (Å²) in [5.41, 5.74) is 0. The van der Waals surface area contributed by atoms with E-state index in [0.29, 0.717) is 0 Å². The Kier molecular flexibility index (Phi) is 12.3. The minimum atomic E-state index is -4.64. The van der Waals surface area contributed by atoms with Gasteiger partial charge in [0, 0.05) is 0 Å². The van der Waals surface area contributed by atoms with E-state index in [-0.39, 0.29) is 43.9 Å². The average molecular weight is 157 g/mol. The molecule has 0 atom stereocenters. The second-order valence-electron chi connectivity index (χ2n) is 0.513. The summed E-state index contributed by atoms with van der Waals surface area (Å²) in [6.45, 7) is 0. The Morgan fingerprint density at radius 2 is 1.14 bits per heavy atom. The summed E-state index contributed by atoms with van der Waals surface area (Å²) in [5, 5.41) is 0. The quantitative estimate of drug-likeness (QED) is 0.248. The normalized spacial score (nSPS) is 8.43. The van der Waals surface area contributed by atoms with Gasteiger partial charge in [-0.3, -0.25) is 0 Å². The Hall–Kier alpha value is 1.33. The zero-order valence-electron chi connectivity index (χ0n) is 2.90. The van der Waals surface area contributed by atoms with E-state index in [1.807, 2.05) is 0 Å². The van der Waals surface area contributed by atoms with Crippen LogP contribution in [0, 0.1) is 0 Å². The molecule has 0 heterocycles. The molecule has 0 rings (SSSR count). The molecule has 6 N–H and O–H groups in total. The van der Waals surface area contributed by atoms with Gasteiger partial charge < -0.3 is 20.8 Å². The SMILES string of the molecule is N.O=P(O)(O)O.[CaH2]. The van der Waals surface area contributed by atoms with Crippen LogP contribution in [-0.4, -0.2) is 52.4 Å². The van der Waals surface area contributed by atoms with E-state index in [4.69, 9.17) is 19.2 Å². The van der Waals surface area contributed by atoms with Crippen molar-refractivity contribution in [1.82, 2.24) is 6.15 Å². The van der Waals surface area contributed by atoms with Gasteiger partial charge in [0.15, 0.2) is 0 Å². The summed E-state index contributed by atoms with van der Waals surface area (Å²) < 4.78 is 8.88. The molecular formula is H8CaNO4P. The van der Waals surface area contributed by atoms with Crippen molar-refractivity contribution < 1.29 is 19.2 Å². The zero-order chi connectivity index (χ0) is 4.50. The number of hydrogen-bond donors (Lipinski definition) is 4. The van der Waals surface area contributed by atoms with Crippen LogP contribution in [0.4, 0.5) is 0 Å². The summed E-state index contributed by atoms with van der Waals surface area (Å²) in [6, 6.07) is 0.